The third-order valence-electron chi connectivity index (χ3n) is 2.81. The molecule has 0 saturated heterocycles. The number of aryl methyl sites for hydroxylation is 1. The molecule has 3 nitrogen and oxygen atoms in total. The van der Waals surface area contributed by atoms with Gasteiger partial charge in [0.25, 0.3) is 0 Å². The van der Waals surface area contributed by atoms with Gasteiger partial charge in [0.2, 0.25) is 0 Å². The molecular weight excluding hydrogens is 226 g/mol. The van der Waals surface area contributed by atoms with Crippen LogP contribution in [0.2, 0.25) is 0 Å². The maximum absolute atomic E-state index is 5.97. The van der Waals surface area contributed by atoms with Crippen LogP contribution in [0.4, 0.5) is 0 Å². The van der Waals surface area contributed by atoms with Gasteiger partial charge >= 0.3 is 0 Å². The van der Waals surface area contributed by atoms with Crippen LogP contribution in [0.3, 0.4) is 0 Å². The molecule has 0 aliphatic rings. The zero-order valence-corrected chi connectivity index (χ0v) is 11.9. The Balaban J connectivity index is 2.74. The third kappa shape index (κ3) is 5.07. The van der Waals surface area contributed by atoms with Crippen molar-refractivity contribution in [1.29, 1.82) is 0 Å². The fourth-order valence-corrected chi connectivity index (χ4v) is 1.89. The summed E-state index contributed by atoms with van der Waals surface area (Å²) >= 11 is 0. The zero-order valence-electron chi connectivity index (χ0n) is 11.9. The highest BCUT2D eigenvalue weighted by atomic mass is 16.5. The van der Waals surface area contributed by atoms with Gasteiger partial charge in [-0.2, -0.15) is 0 Å². The van der Waals surface area contributed by atoms with Crippen LogP contribution in [-0.2, 0) is 11.2 Å². The first-order chi connectivity index (χ1) is 8.52. The van der Waals surface area contributed by atoms with Gasteiger partial charge in [0.15, 0.2) is 0 Å². The molecular formula is C15H25NO2. The van der Waals surface area contributed by atoms with Crippen molar-refractivity contribution >= 4 is 0 Å². The first-order valence-electron chi connectivity index (χ1n) is 6.53. The smallest absolute Gasteiger partial charge is 0.122 e. The molecule has 0 saturated carbocycles. The van der Waals surface area contributed by atoms with Crippen LogP contribution in [0, 0.1) is 6.92 Å². The average Bonchev–Trinajstić information content (AvgIpc) is 2.29. The number of rotatable bonds is 7. The first-order valence-corrected chi connectivity index (χ1v) is 6.53. The van der Waals surface area contributed by atoms with Gasteiger partial charge in [-0.1, -0.05) is 17.7 Å². The maximum Gasteiger partial charge on any atom is 0.122 e. The monoisotopic (exact) mass is 251 g/mol. The summed E-state index contributed by atoms with van der Waals surface area (Å²) in [6, 6.07) is 6.41. The largest absolute Gasteiger partial charge is 0.490 e. The number of hydrogen-bond donors (Lipinski definition) is 1. The summed E-state index contributed by atoms with van der Waals surface area (Å²) in [6.45, 7) is 6.88. The molecule has 2 N–H and O–H groups in total. The molecule has 102 valence electrons. The quantitative estimate of drug-likeness (QED) is 0.810. The molecule has 0 fully saturated rings. The van der Waals surface area contributed by atoms with Crippen molar-refractivity contribution in [3.05, 3.63) is 29.3 Å². The van der Waals surface area contributed by atoms with Crippen LogP contribution in [0.15, 0.2) is 18.2 Å². The van der Waals surface area contributed by atoms with Gasteiger partial charge in [-0.25, -0.2) is 0 Å². The average molecular weight is 251 g/mol. The van der Waals surface area contributed by atoms with Crippen LogP contribution in [0.5, 0.6) is 5.75 Å². The molecule has 0 radical (unpaired) electrons. The highest BCUT2D eigenvalue weighted by Gasteiger charge is 2.10. The highest BCUT2D eigenvalue weighted by Crippen LogP contribution is 2.23. The molecule has 0 heterocycles. The summed E-state index contributed by atoms with van der Waals surface area (Å²) < 4.78 is 11.0. The molecule has 2 unspecified atom stereocenters. The Bertz CT molecular complexity index is 364. The van der Waals surface area contributed by atoms with Crippen molar-refractivity contribution in [1.82, 2.24) is 0 Å². The molecule has 18 heavy (non-hydrogen) atoms. The topological polar surface area (TPSA) is 44.5 Å². The molecule has 0 spiro atoms. The molecule has 0 aromatic heterocycles. The van der Waals surface area contributed by atoms with Gasteiger partial charge in [-0.15, -0.1) is 0 Å². The normalized spacial score (nSPS) is 14.3. The first kappa shape index (κ1) is 15.0. The zero-order chi connectivity index (χ0) is 13.5. The van der Waals surface area contributed by atoms with Gasteiger partial charge in [-0.05, 0) is 38.8 Å². The van der Waals surface area contributed by atoms with Crippen molar-refractivity contribution in [3.63, 3.8) is 0 Å². The summed E-state index contributed by atoms with van der Waals surface area (Å²) in [5.41, 5.74) is 8.31. The van der Waals surface area contributed by atoms with E-state index in [2.05, 4.69) is 26.0 Å². The fourth-order valence-electron chi connectivity index (χ4n) is 1.89. The summed E-state index contributed by atoms with van der Waals surface area (Å²) in [7, 11) is 1.71. The van der Waals surface area contributed by atoms with E-state index in [-0.39, 0.29) is 12.1 Å². The van der Waals surface area contributed by atoms with Gasteiger partial charge in [0.05, 0.1) is 6.10 Å². The fraction of sp³-hybridized carbons (Fsp3) is 0.600. The molecule has 0 bridgehead atoms. The number of ether oxygens (including phenoxy) is 2. The lowest BCUT2D eigenvalue weighted by Crippen LogP contribution is -2.20. The molecule has 3 heteroatoms. The maximum atomic E-state index is 5.97. The lowest BCUT2D eigenvalue weighted by molar-refractivity contribution is 0.134. The Labute approximate surface area is 110 Å². The summed E-state index contributed by atoms with van der Waals surface area (Å²) in [5, 5.41) is 0. The number of benzene rings is 1. The third-order valence-corrected chi connectivity index (χ3v) is 2.81. The summed E-state index contributed by atoms with van der Waals surface area (Å²) in [4.78, 5) is 0. The van der Waals surface area contributed by atoms with Gasteiger partial charge < -0.3 is 15.2 Å². The predicted molar refractivity (Wildman–Crippen MR) is 75.1 cm³/mol. The SMILES string of the molecule is COCCC(C)Oc1ccc(C)cc1CC(C)N. The minimum atomic E-state index is 0.142. The second-order valence-corrected chi connectivity index (χ2v) is 5.00. The molecule has 2 atom stereocenters. The van der Waals surface area contributed by atoms with Crippen LogP contribution >= 0.6 is 0 Å². The van der Waals surface area contributed by atoms with Crippen molar-refractivity contribution in [2.24, 2.45) is 5.73 Å². The van der Waals surface area contributed by atoms with Crippen molar-refractivity contribution in [2.45, 2.75) is 45.8 Å². The van der Waals surface area contributed by atoms with E-state index in [9.17, 15) is 0 Å². The number of hydrogen-bond acceptors (Lipinski definition) is 3. The second-order valence-electron chi connectivity index (χ2n) is 5.00. The lowest BCUT2D eigenvalue weighted by Gasteiger charge is -2.18. The van der Waals surface area contributed by atoms with Crippen molar-refractivity contribution in [3.8, 4) is 5.75 Å². The minimum Gasteiger partial charge on any atom is -0.490 e. The van der Waals surface area contributed by atoms with E-state index in [1.807, 2.05) is 13.0 Å². The van der Waals surface area contributed by atoms with E-state index >= 15 is 0 Å². The van der Waals surface area contributed by atoms with Crippen molar-refractivity contribution in [2.75, 3.05) is 13.7 Å². The Hall–Kier alpha value is -1.06. The van der Waals surface area contributed by atoms with Crippen LogP contribution < -0.4 is 10.5 Å². The van der Waals surface area contributed by atoms with Gasteiger partial charge in [-0.3, -0.25) is 0 Å². The number of methoxy groups -OCH3 is 1. The Kier molecular flexibility index (Phi) is 6.16. The molecule has 1 aromatic carbocycles. The molecule has 0 amide bonds. The molecule has 1 aromatic rings. The minimum absolute atomic E-state index is 0.142. The molecule has 0 aliphatic carbocycles. The van der Waals surface area contributed by atoms with Crippen LogP contribution in [0.25, 0.3) is 0 Å². The van der Waals surface area contributed by atoms with E-state index in [4.69, 9.17) is 15.2 Å². The molecule has 0 aliphatic heterocycles. The number of nitrogens with two attached hydrogens (primary N) is 1. The second kappa shape index (κ2) is 7.39. The highest BCUT2D eigenvalue weighted by molar-refractivity contribution is 5.37. The standard InChI is InChI=1S/C15H25NO2/c1-11-5-6-15(14(9-11)10-12(2)16)18-13(3)7-8-17-4/h5-6,9,12-13H,7-8,10,16H2,1-4H3. The Morgan fingerprint density at radius 3 is 2.61 bits per heavy atom. The van der Waals surface area contributed by atoms with E-state index < -0.39 is 0 Å². The summed E-state index contributed by atoms with van der Waals surface area (Å²) in [6.07, 6.45) is 1.88. The summed E-state index contributed by atoms with van der Waals surface area (Å²) in [5.74, 6) is 0.946. The predicted octanol–water partition coefficient (Wildman–Crippen LogP) is 2.69. The van der Waals surface area contributed by atoms with Gasteiger partial charge in [0, 0.05) is 26.2 Å². The van der Waals surface area contributed by atoms with E-state index in [1.54, 1.807) is 7.11 Å². The van der Waals surface area contributed by atoms with Crippen LogP contribution in [0.1, 0.15) is 31.4 Å². The van der Waals surface area contributed by atoms with Gasteiger partial charge in [0.1, 0.15) is 5.75 Å². The van der Waals surface area contributed by atoms with E-state index in [0.717, 1.165) is 25.2 Å². The van der Waals surface area contributed by atoms with E-state index in [0.29, 0.717) is 0 Å². The van der Waals surface area contributed by atoms with Crippen LogP contribution in [-0.4, -0.2) is 25.9 Å². The Morgan fingerprint density at radius 1 is 1.28 bits per heavy atom. The van der Waals surface area contributed by atoms with E-state index in [1.165, 1.54) is 11.1 Å². The Morgan fingerprint density at radius 2 is 2.00 bits per heavy atom. The van der Waals surface area contributed by atoms with Crippen molar-refractivity contribution < 1.29 is 9.47 Å². The molecule has 1 rings (SSSR count). The lowest BCUT2D eigenvalue weighted by atomic mass is 10.0.